The number of ether oxygens (including phenoxy) is 1. The highest BCUT2D eigenvalue weighted by Crippen LogP contribution is 1.91. The summed E-state index contributed by atoms with van der Waals surface area (Å²) in [4.78, 5) is 31.5. The summed E-state index contributed by atoms with van der Waals surface area (Å²) in [6.45, 7) is 1.67. The van der Waals surface area contributed by atoms with Crippen molar-refractivity contribution >= 4 is 18.0 Å². The second-order valence-electron chi connectivity index (χ2n) is 2.10. The first kappa shape index (κ1) is 11.9. The van der Waals surface area contributed by atoms with Crippen molar-refractivity contribution in [2.75, 3.05) is 6.61 Å². The van der Waals surface area contributed by atoms with Crippen molar-refractivity contribution < 1.29 is 24.2 Å². The van der Waals surface area contributed by atoms with E-state index in [0.29, 0.717) is 6.08 Å². The average molecular weight is 202 g/mol. The van der Waals surface area contributed by atoms with E-state index in [1.54, 1.807) is 12.2 Å². The van der Waals surface area contributed by atoms with E-state index in [4.69, 9.17) is 5.11 Å². The summed E-state index contributed by atoms with van der Waals surface area (Å²) >= 11 is 0. The number of urea groups is 1. The number of primary amides is 1. The molecule has 0 aromatic carbocycles. The molecule has 0 radical (unpaired) electrons. The van der Waals surface area contributed by atoms with Crippen molar-refractivity contribution in [1.29, 1.82) is 0 Å². The number of esters is 1. The molecule has 0 aliphatic heterocycles. The Labute approximate surface area is 79.5 Å². The molecule has 0 aliphatic carbocycles. The predicted molar refractivity (Wildman–Crippen MR) is 45.1 cm³/mol. The molecule has 0 aromatic heterocycles. The summed E-state index contributed by atoms with van der Waals surface area (Å²) in [5, 5.41) is 10.3. The lowest BCUT2D eigenvalue weighted by Crippen LogP contribution is -2.32. The van der Waals surface area contributed by atoms with Crippen molar-refractivity contribution in [3.63, 3.8) is 0 Å². The topological polar surface area (TPSA) is 119 Å². The van der Waals surface area contributed by atoms with Gasteiger partial charge in [0.25, 0.3) is 0 Å². The van der Waals surface area contributed by atoms with Gasteiger partial charge in [-0.3, -0.25) is 0 Å². The van der Waals surface area contributed by atoms with Crippen molar-refractivity contribution in [3.8, 4) is 0 Å². The first-order chi connectivity index (χ1) is 6.47. The summed E-state index contributed by atoms with van der Waals surface area (Å²) in [6, 6.07) is -1.07. The van der Waals surface area contributed by atoms with Gasteiger partial charge in [0.15, 0.2) is 0 Å². The molecule has 0 unspecified atom stereocenters. The number of aliphatic carboxylic acids is 1. The van der Waals surface area contributed by atoms with Gasteiger partial charge >= 0.3 is 18.0 Å². The van der Waals surface area contributed by atoms with E-state index in [1.807, 2.05) is 0 Å². The number of hydrogen-bond donors (Lipinski definition) is 3. The Bertz CT molecular complexity index is 284. The standard InChI is InChI=1S/C7H10N2O5/c1-2-14-5(10)3-4(6(11)12)9-7(8)13/h3H,2H2,1H3,(H,11,12)(H3,8,9,13)/b4-3+. The average Bonchev–Trinajstić information content (AvgIpc) is 2.02. The Balaban J connectivity index is 4.55. The molecule has 0 aliphatic rings. The van der Waals surface area contributed by atoms with Crippen LogP contribution in [0, 0.1) is 0 Å². The Morgan fingerprint density at radius 2 is 2.07 bits per heavy atom. The smallest absolute Gasteiger partial charge is 0.352 e. The molecule has 0 saturated carbocycles. The summed E-state index contributed by atoms with van der Waals surface area (Å²) in [5.74, 6) is -2.34. The van der Waals surface area contributed by atoms with Gasteiger partial charge in [0.05, 0.1) is 12.7 Å². The maximum absolute atomic E-state index is 10.8. The molecular formula is C7H10N2O5. The molecule has 4 N–H and O–H groups in total. The third kappa shape index (κ3) is 4.75. The monoisotopic (exact) mass is 202 g/mol. The van der Waals surface area contributed by atoms with Crippen LogP contribution in [0.2, 0.25) is 0 Å². The quantitative estimate of drug-likeness (QED) is 0.406. The van der Waals surface area contributed by atoms with Crippen LogP contribution in [-0.2, 0) is 14.3 Å². The van der Waals surface area contributed by atoms with Crippen LogP contribution in [-0.4, -0.2) is 29.7 Å². The molecule has 0 bridgehead atoms. The zero-order chi connectivity index (χ0) is 11.1. The number of nitrogens with two attached hydrogens (primary N) is 1. The maximum atomic E-state index is 10.8. The van der Waals surface area contributed by atoms with Gasteiger partial charge in [-0.05, 0) is 6.92 Å². The van der Waals surface area contributed by atoms with Crippen LogP contribution in [0.1, 0.15) is 6.92 Å². The summed E-state index contributed by atoms with van der Waals surface area (Å²) < 4.78 is 4.43. The lowest BCUT2D eigenvalue weighted by molar-refractivity contribution is -0.138. The number of carboxylic acids is 1. The fourth-order valence-electron chi connectivity index (χ4n) is 0.586. The van der Waals surface area contributed by atoms with Crippen LogP contribution in [0.15, 0.2) is 11.8 Å². The molecule has 0 spiro atoms. The molecule has 14 heavy (non-hydrogen) atoms. The molecule has 7 heteroatoms. The second-order valence-corrected chi connectivity index (χ2v) is 2.10. The predicted octanol–water partition coefficient (Wildman–Crippen LogP) is -0.814. The highest BCUT2D eigenvalue weighted by Gasteiger charge is 2.11. The fourth-order valence-corrected chi connectivity index (χ4v) is 0.586. The first-order valence-corrected chi connectivity index (χ1v) is 3.65. The van der Waals surface area contributed by atoms with Crippen LogP contribution in [0.5, 0.6) is 0 Å². The number of carbonyl (C=O) groups is 3. The van der Waals surface area contributed by atoms with Crippen LogP contribution in [0.25, 0.3) is 0 Å². The Hall–Kier alpha value is -2.05. The molecule has 0 aromatic rings. The SMILES string of the molecule is CCOC(=O)/C=C(/NC(N)=O)C(=O)O. The van der Waals surface area contributed by atoms with Gasteiger partial charge in [0.1, 0.15) is 5.70 Å². The van der Waals surface area contributed by atoms with Gasteiger partial charge in [0.2, 0.25) is 0 Å². The van der Waals surface area contributed by atoms with E-state index in [9.17, 15) is 14.4 Å². The molecule has 0 heterocycles. The minimum absolute atomic E-state index is 0.110. The van der Waals surface area contributed by atoms with Gasteiger partial charge in [-0.1, -0.05) is 0 Å². The molecule has 7 nitrogen and oxygen atoms in total. The number of carboxylic acid groups (broad SMARTS) is 1. The van der Waals surface area contributed by atoms with E-state index in [-0.39, 0.29) is 6.61 Å². The van der Waals surface area contributed by atoms with E-state index in [2.05, 4.69) is 10.5 Å². The minimum Gasteiger partial charge on any atom is -0.477 e. The van der Waals surface area contributed by atoms with Gasteiger partial charge in [-0.25, -0.2) is 14.4 Å². The second kappa shape index (κ2) is 5.57. The Morgan fingerprint density at radius 1 is 1.50 bits per heavy atom. The minimum atomic E-state index is -1.48. The maximum Gasteiger partial charge on any atom is 0.352 e. The van der Waals surface area contributed by atoms with Gasteiger partial charge < -0.3 is 20.9 Å². The van der Waals surface area contributed by atoms with E-state index in [0.717, 1.165) is 0 Å². The lowest BCUT2D eigenvalue weighted by atomic mass is 10.4. The normalized spacial score (nSPS) is 10.5. The largest absolute Gasteiger partial charge is 0.477 e. The molecule has 0 atom stereocenters. The number of hydrogen-bond acceptors (Lipinski definition) is 4. The van der Waals surface area contributed by atoms with E-state index >= 15 is 0 Å². The van der Waals surface area contributed by atoms with E-state index < -0.39 is 23.7 Å². The van der Waals surface area contributed by atoms with Crippen molar-refractivity contribution in [1.82, 2.24) is 5.32 Å². The van der Waals surface area contributed by atoms with E-state index in [1.165, 1.54) is 0 Å². The number of rotatable bonds is 4. The first-order valence-electron chi connectivity index (χ1n) is 3.65. The van der Waals surface area contributed by atoms with Crippen LogP contribution < -0.4 is 11.1 Å². The molecule has 2 amide bonds. The van der Waals surface area contributed by atoms with Crippen molar-refractivity contribution in [3.05, 3.63) is 11.8 Å². The Morgan fingerprint density at radius 3 is 2.43 bits per heavy atom. The molecular weight excluding hydrogens is 192 g/mol. The summed E-state index contributed by atoms with van der Waals surface area (Å²) in [5.41, 5.74) is 4.05. The number of nitrogens with one attached hydrogen (secondary N) is 1. The molecule has 78 valence electrons. The highest BCUT2D eigenvalue weighted by atomic mass is 16.5. The third-order valence-electron chi connectivity index (χ3n) is 1.04. The van der Waals surface area contributed by atoms with Crippen LogP contribution in [0.4, 0.5) is 4.79 Å². The third-order valence-corrected chi connectivity index (χ3v) is 1.04. The summed E-state index contributed by atoms with van der Waals surface area (Å²) in [6.07, 6.45) is 0.636. The summed E-state index contributed by atoms with van der Waals surface area (Å²) in [7, 11) is 0. The molecule has 0 saturated heterocycles. The fraction of sp³-hybridized carbons (Fsp3) is 0.286. The van der Waals surface area contributed by atoms with Gasteiger partial charge in [0, 0.05) is 0 Å². The number of carbonyl (C=O) groups excluding carboxylic acids is 2. The van der Waals surface area contributed by atoms with Crippen molar-refractivity contribution in [2.24, 2.45) is 5.73 Å². The van der Waals surface area contributed by atoms with Crippen molar-refractivity contribution in [2.45, 2.75) is 6.92 Å². The zero-order valence-electron chi connectivity index (χ0n) is 7.44. The number of amides is 2. The van der Waals surface area contributed by atoms with Gasteiger partial charge in [-0.2, -0.15) is 0 Å². The zero-order valence-corrected chi connectivity index (χ0v) is 7.44. The lowest BCUT2D eigenvalue weighted by Gasteiger charge is -2.01. The van der Waals surface area contributed by atoms with Gasteiger partial charge in [-0.15, -0.1) is 0 Å². The highest BCUT2D eigenvalue weighted by molar-refractivity contribution is 5.98. The van der Waals surface area contributed by atoms with Crippen LogP contribution >= 0.6 is 0 Å². The molecule has 0 rings (SSSR count). The van der Waals surface area contributed by atoms with Crippen LogP contribution in [0.3, 0.4) is 0 Å². The molecule has 0 fully saturated rings. The Kier molecular flexibility index (Phi) is 4.76.